The highest BCUT2D eigenvalue weighted by molar-refractivity contribution is 7.99. The number of thioether (sulfide) groups is 1. The second kappa shape index (κ2) is 10.2. The second-order valence-corrected chi connectivity index (χ2v) is 10.2. The number of sulfonamides is 1. The standard InChI is InChI=1S/C24H27NO3S2/c1-18-4-12-22(13-5-18)29-24(20-8-10-21(28-3)11-9-20)16-17-25-30(26,27)23-14-6-19(2)7-15-23/h4-15,24-25H,16-17H2,1-3H3. The first-order valence-electron chi connectivity index (χ1n) is 9.81. The van der Waals surface area contributed by atoms with Crippen LogP contribution in [0.15, 0.2) is 82.6 Å². The summed E-state index contributed by atoms with van der Waals surface area (Å²) in [5.41, 5.74) is 3.38. The maximum atomic E-state index is 12.6. The highest BCUT2D eigenvalue weighted by atomic mass is 32.2. The molecule has 0 aliphatic carbocycles. The predicted molar refractivity (Wildman–Crippen MR) is 124 cm³/mol. The molecule has 0 aromatic heterocycles. The van der Waals surface area contributed by atoms with E-state index in [9.17, 15) is 8.42 Å². The van der Waals surface area contributed by atoms with Crippen LogP contribution in [-0.4, -0.2) is 22.1 Å². The smallest absolute Gasteiger partial charge is 0.240 e. The molecule has 0 radical (unpaired) electrons. The molecule has 0 fully saturated rings. The Bertz CT molecular complexity index is 1050. The van der Waals surface area contributed by atoms with Crippen molar-refractivity contribution in [3.63, 3.8) is 0 Å². The van der Waals surface area contributed by atoms with Crippen molar-refractivity contribution in [3.8, 4) is 5.75 Å². The number of ether oxygens (including phenoxy) is 1. The molecule has 6 heteroatoms. The van der Waals surface area contributed by atoms with E-state index in [1.54, 1.807) is 31.0 Å². The third-order valence-electron chi connectivity index (χ3n) is 4.82. The van der Waals surface area contributed by atoms with E-state index in [4.69, 9.17) is 4.74 Å². The number of benzene rings is 3. The fourth-order valence-corrected chi connectivity index (χ4v) is 5.22. The van der Waals surface area contributed by atoms with Crippen LogP contribution in [0.1, 0.15) is 28.4 Å². The molecule has 0 aliphatic rings. The van der Waals surface area contributed by atoms with Gasteiger partial charge in [-0.15, -0.1) is 11.8 Å². The molecular weight excluding hydrogens is 414 g/mol. The van der Waals surface area contributed by atoms with Crippen LogP contribution in [0.3, 0.4) is 0 Å². The summed E-state index contributed by atoms with van der Waals surface area (Å²) in [6, 6.07) is 23.2. The van der Waals surface area contributed by atoms with Crippen molar-refractivity contribution in [1.29, 1.82) is 0 Å². The fraction of sp³-hybridized carbons (Fsp3) is 0.250. The van der Waals surface area contributed by atoms with Gasteiger partial charge < -0.3 is 4.74 Å². The Morgan fingerprint density at radius 3 is 2.00 bits per heavy atom. The number of methoxy groups -OCH3 is 1. The maximum Gasteiger partial charge on any atom is 0.240 e. The van der Waals surface area contributed by atoms with Gasteiger partial charge in [-0.1, -0.05) is 47.5 Å². The lowest BCUT2D eigenvalue weighted by Crippen LogP contribution is -2.25. The van der Waals surface area contributed by atoms with Gasteiger partial charge in [-0.05, 0) is 62.2 Å². The lowest BCUT2D eigenvalue weighted by molar-refractivity contribution is 0.414. The largest absolute Gasteiger partial charge is 0.497 e. The molecule has 0 bridgehead atoms. The fourth-order valence-electron chi connectivity index (χ4n) is 3.02. The van der Waals surface area contributed by atoms with E-state index in [1.165, 1.54) is 5.56 Å². The summed E-state index contributed by atoms with van der Waals surface area (Å²) in [6.45, 7) is 4.35. The van der Waals surface area contributed by atoms with Crippen molar-refractivity contribution < 1.29 is 13.2 Å². The van der Waals surface area contributed by atoms with Gasteiger partial charge in [0.25, 0.3) is 0 Å². The molecule has 3 aromatic rings. The van der Waals surface area contributed by atoms with Crippen molar-refractivity contribution in [3.05, 3.63) is 89.5 Å². The maximum absolute atomic E-state index is 12.6. The third kappa shape index (κ3) is 6.11. The average Bonchev–Trinajstić information content (AvgIpc) is 2.75. The Labute approximate surface area is 183 Å². The molecule has 0 saturated heterocycles. The molecule has 1 N–H and O–H groups in total. The lowest BCUT2D eigenvalue weighted by Gasteiger charge is -2.18. The van der Waals surface area contributed by atoms with Gasteiger partial charge in [0.15, 0.2) is 0 Å². The number of hydrogen-bond donors (Lipinski definition) is 1. The Kier molecular flexibility index (Phi) is 7.58. The minimum atomic E-state index is -3.52. The number of aryl methyl sites for hydroxylation is 2. The molecular formula is C24H27NO3S2. The van der Waals surface area contributed by atoms with Crippen molar-refractivity contribution in [2.75, 3.05) is 13.7 Å². The summed E-state index contributed by atoms with van der Waals surface area (Å²) in [5, 5.41) is 0.110. The number of hydrogen-bond acceptors (Lipinski definition) is 4. The van der Waals surface area contributed by atoms with Crippen molar-refractivity contribution in [2.45, 2.75) is 35.3 Å². The van der Waals surface area contributed by atoms with Gasteiger partial charge in [0.2, 0.25) is 10.0 Å². The topological polar surface area (TPSA) is 55.4 Å². The molecule has 1 unspecified atom stereocenters. The van der Waals surface area contributed by atoms with E-state index < -0.39 is 10.0 Å². The van der Waals surface area contributed by atoms with Crippen LogP contribution in [0.5, 0.6) is 5.75 Å². The van der Waals surface area contributed by atoms with Gasteiger partial charge in [-0.2, -0.15) is 0 Å². The summed E-state index contributed by atoms with van der Waals surface area (Å²) >= 11 is 1.74. The van der Waals surface area contributed by atoms with Gasteiger partial charge in [0, 0.05) is 16.7 Å². The lowest BCUT2D eigenvalue weighted by atomic mass is 10.1. The minimum absolute atomic E-state index is 0.110. The van der Waals surface area contributed by atoms with Gasteiger partial charge in [-0.25, -0.2) is 13.1 Å². The summed E-state index contributed by atoms with van der Waals surface area (Å²) in [6.07, 6.45) is 0.663. The molecule has 4 nitrogen and oxygen atoms in total. The quantitative estimate of drug-likeness (QED) is 0.445. The van der Waals surface area contributed by atoms with E-state index >= 15 is 0 Å². The Hall–Kier alpha value is -2.28. The Balaban J connectivity index is 1.72. The summed E-state index contributed by atoms with van der Waals surface area (Å²) in [4.78, 5) is 1.45. The van der Waals surface area contributed by atoms with E-state index in [1.807, 2.05) is 43.3 Å². The number of nitrogens with one attached hydrogen (secondary N) is 1. The monoisotopic (exact) mass is 441 g/mol. The predicted octanol–water partition coefficient (Wildman–Crippen LogP) is 5.51. The molecule has 0 spiro atoms. The van der Waals surface area contributed by atoms with E-state index in [0.29, 0.717) is 17.9 Å². The molecule has 0 aliphatic heterocycles. The number of rotatable bonds is 9. The van der Waals surface area contributed by atoms with Crippen LogP contribution in [0.25, 0.3) is 0 Å². The van der Waals surface area contributed by atoms with Gasteiger partial charge in [0.1, 0.15) is 5.75 Å². The van der Waals surface area contributed by atoms with Crippen LogP contribution < -0.4 is 9.46 Å². The zero-order chi connectivity index (χ0) is 21.6. The van der Waals surface area contributed by atoms with E-state index in [-0.39, 0.29) is 5.25 Å². The molecule has 30 heavy (non-hydrogen) atoms. The molecule has 3 aromatic carbocycles. The first-order valence-corrected chi connectivity index (χ1v) is 12.2. The van der Waals surface area contributed by atoms with Crippen LogP contribution in [0.2, 0.25) is 0 Å². The van der Waals surface area contributed by atoms with Gasteiger partial charge in [0.05, 0.1) is 12.0 Å². The first-order chi connectivity index (χ1) is 14.4. The normalized spacial score (nSPS) is 12.5. The third-order valence-corrected chi connectivity index (χ3v) is 7.63. The van der Waals surface area contributed by atoms with Crippen molar-refractivity contribution in [1.82, 2.24) is 4.72 Å². The zero-order valence-corrected chi connectivity index (χ0v) is 19.1. The van der Waals surface area contributed by atoms with Crippen LogP contribution >= 0.6 is 11.8 Å². The van der Waals surface area contributed by atoms with Crippen molar-refractivity contribution >= 4 is 21.8 Å². The molecule has 0 heterocycles. The average molecular weight is 442 g/mol. The van der Waals surface area contributed by atoms with Crippen LogP contribution in [0.4, 0.5) is 0 Å². The van der Waals surface area contributed by atoms with Crippen molar-refractivity contribution in [2.24, 2.45) is 0 Å². The molecule has 3 rings (SSSR count). The summed E-state index contributed by atoms with van der Waals surface area (Å²) in [7, 11) is -1.88. The highest BCUT2D eigenvalue weighted by Gasteiger charge is 2.17. The molecule has 0 saturated carbocycles. The second-order valence-electron chi connectivity index (χ2n) is 7.19. The highest BCUT2D eigenvalue weighted by Crippen LogP contribution is 2.38. The molecule has 1 atom stereocenters. The first kappa shape index (κ1) is 22.4. The minimum Gasteiger partial charge on any atom is -0.497 e. The summed E-state index contributed by atoms with van der Waals surface area (Å²) in [5.74, 6) is 0.804. The zero-order valence-electron chi connectivity index (χ0n) is 17.5. The van der Waals surface area contributed by atoms with E-state index in [2.05, 4.69) is 35.9 Å². The Morgan fingerprint density at radius 1 is 0.867 bits per heavy atom. The van der Waals surface area contributed by atoms with Crippen LogP contribution in [0, 0.1) is 13.8 Å². The SMILES string of the molecule is COc1ccc(C(CCNS(=O)(=O)c2ccc(C)cc2)Sc2ccc(C)cc2)cc1. The van der Waals surface area contributed by atoms with Gasteiger partial charge in [-0.3, -0.25) is 0 Å². The van der Waals surface area contributed by atoms with Crippen LogP contribution in [-0.2, 0) is 10.0 Å². The van der Waals surface area contributed by atoms with Gasteiger partial charge >= 0.3 is 0 Å². The van der Waals surface area contributed by atoms with E-state index in [0.717, 1.165) is 21.8 Å². The molecule has 158 valence electrons. The summed E-state index contributed by atoms with van der Waals surface area (Å²) < 4.78 is 33.2. The Morgan fingerprint density at radius 2 is 1.43 bits per heavy atom. The molecule has 0 amide bonds.